The first-order chi connectivity index (χ1) is 8.81. The van der Waals surface area contributed by atoms with Crippen molar-refractivity contribution in [2.45, 2.75) is 33.1 Å². The smallest absolute Gasteiger partial charge is 0.148 e. The van der Waals surface area contributed by atoms with E-state index in [0.29, 0.717) is 5.82 Å². The van der Waals surface area contributed by atoms with Gasteiger partial charge in [0.05, 0.1) is 0 Å². The number of hydrazine groups is 1. The molecule has 0 unspecified atom stereocenters. The van der Waals surface area contributed by atoms with Crippen LogP contribution in [0.2, 0.25) is 0 Å². The van der Waals surface area contributed by atoms with Gasteiger partial charge < -0.3 is 5.43 Å². The summed E-state index contributed by atoms with van der Waals surface area (Å²) in [6.07, 6.45) is 7.95. The van der Waals surface area contributed by atoms with Crippen molar-refractivity contribution in [3.63, 3.8) is 0 Å². The Hall–Kier alpha value is -1.95. The van der Waals surface area contributed by atoms with E-state index in [1.54, 1.807) is 6.20 Å². The Bertz CT molecular complexity index is 519. The summed E-state index contributed by atoms with van der Waals surface area (Å²) in [5.74, 6) is 8.02. The maximum Gasteiger partial charge on any atom is 0.148 e. The third kappa shape index (κ3) is 2.19. The molecule has 96 valence electrons. The summed E-state index contributed by atoms with van der Waals surface area (Å²) in [6.45, 7) is 4.19. The first-order valence-corrected chi connectivity index (χ1v) is 6.14. The Morgan fingerprint density at radius 1 is 1.28 bits per heavy atom. The molecule has 0 aliphatic carbocycles. The predicted molar refractivity (Wildman–Crippen MR) is 70.3 cm³/mol. The fourth-order valence-electron chi connectivity index (χ4n) is 2.00. The zero-order chi connectivity index (χ0) is 13.0. The van der Waals surface area contributed by atoms with Gasteiger partial charge in [0, 0.05) is 24.4 Å². The number of hydrogen-bond donors (Lipinski definition) is 2. The quantitative estimate of drug-likeness (QED) is 0.616. The van der Waals surface area contributed by atoms with Gasteiger partial charge in [0.25, 0.3) is 0 Å². The SMILES string of the molecule is CCCc1c(NN)ncnc1-n1ccnc1CC. The summed E-state index contributed by atoms with van der Waals surface area (Å²) in [5.41, 5.74) is 3.66. The summed E-state index contributed by atoms with van der Waals surface area (Å²) >= 11 is 0. The van der Waals surface area contributed by atoms with Gasteiger partial charge in [-0.05, 0) is 6.42 Å². The highest BCUT2D eigenvalue weighted by atomic mass is 15.3. The minimum Gasteiger partial charge on any atom is -0.308 e. The molecule has 0 saturated carbocycles. The minimum absolute atomic E-state index is 0.678. The number of imidazole rings is 1. The van der Waals surface area contributed by atoms with Crippen LogP contribution in [0.4, 0.5) is 5.82 Å². The van der Waals surface area contributed by atoms with Crippen LogP contribution in [0.5, 0.6) is 0 Å². The van der Waals surface area contributed by atoms with Crippen molar-refractivity contribution in [1.82, 2.24) is 19.5 Å². The molecule has 0 aromatic carbocycles. The number of aryl methyl sites for hydroxylation is 1. The lowest BCUT2D eigenvalue weighted by molar-refractivity contribution is 0.821. The fourth-order valence-corrected chi connectivity index (χ4v) is 2.00. The highest BCUT2D eigenvalue weighted by Crippen LogP contribution is 2.21. The second-order valence-electron chi connectivity index (χ2n) is 3.99. The minimum atomic E-state index is 0.678. The lowest BCUT2D eigenvalue weighted by Crippen LogP contribution is -2.15. The average molecular weight is 246 g/mol. The van der Waals surface area contributed by atoms with E-state index in [1.807, 2.05) is 10.8 Å². The second kappa shape index (κ2) is 5.59. The molecule has 0 aliphatic heterocycles. The van der Waals surface area contributed by atoms with Crippen LogP contribution in [0.15, 0.2) is 18.7 Å². The molecule has 0 radical (unpaired) electrons. The van der Waals surface area contributed by atoms with Crippen molar-refractivity contribution in [3.05, 3.63) is 30.1 Å². The molecular formula is C12H18N6. The topological polar surface area (TPSA) is 81.6 Å². The zero-order valence-corrected chi connectivity index (χ0v) is 10.7. The Balaban J connectivity index is 2.56. The highest BCUT2D eigenvalue weighted by Gasteiger charge is 2.13. The van der Waals surface area contributed by atoms with E-state index in [4.69, 9.17) is 5.84 Å². The largest absolute Gasteiger partial charge is 0.308 e. The van der Waals surface area contributed by atoms with Crippen LogP contribution in [0.1, 0.15) is 31.7 Å². The molecule has 0 aliphatic rings. The summed E-state index contributed by atoms with van der Waals surface area (Å²) in [5, 5.41) is 0. The summed E-state index contributed by atoms with van der Waals surface area (Å²) in [7, 11) is 0. The van der Waals surface area contributed by atoms with Gasteiger partial charge in [-0.25, -0.2) is 20.8 Å². The molecule has 18 heavy (non-hydrogen) atoms. The number of nitrogens with two attached hydrogens (primary N) is 1. The van der Waals surface area contributed by atoms with Crippen molar-refractivity contribution in [3.8, 4) is 5.82 Å². The lowest BCUT2D eigenvalue weighted by atomic mass is 10.1. The number of aromatic nitrogens is 4. The Morgan fingerprint density at radius 3 is 2.78 bits per heavy atom. The van der Waals surface area contributed by atoms with Crippen LogP contribution in [0.3, 0.4) is 0 Å². The van der Waals surface area contributed by atoms with Gasteiger partial charge in [0.15, 0.2) is 0 Å². The van der Waals surface area contributed by atoms with E-state index >= 15 is 0 Å². The van der Waals surface area contributed by atoms with Crippen molar-refractivity contribution in [1.29, 1.82) is 0 Å². The van der Waals surface area contributed by atoms with Gasteiger partial charge in [0.2, 0.25) is 0 Å². The Kier molecular flexibility index (Phi) is 3.88. The number of nitrogens with one attached hydrogen (secondary N) is 1. The molecule has 6 nitrogen and oxygen atoms in total. The van der Waals surface area contributed by atoms with E-state index in [-0.39, 0.29) is 0 Å². The van der Waals surface area contributed by atoms with Gasteiger partial charge >= 0.3 is 0 Å². The van der Waals surface area contributed by atoms with Crippen molar-refractivity contribution in [2.24, 2.45) is 5.84 Å². The van der Waals surface area contributed by atoms with Crippen LogP contribution in [-0.2, 0) is 12.8 Å². The first-order valence-electron chi connectivity index (χ1n) is 6.14. The molecule has 0 atom stereocenters. The molecule has 0 amide bonds. The monoisotopic (exact) mass is 246 g/mol. The number of nitrogens with zero attached hydrogens (tertiary/aromatic N) is 4. The number of hydrogen-bond acceptors (Lipinski definition) is 5. The number of anilines is 1. The molecule has 0 bridgehead atoms. The standard InChI is InChI=1S/C12H18N6/c1-3-5-9-11(17-13)15-8-16-12(9)18-7-6-14-10(18)4-2/h6-8H,3-5,13H2,1-2H3,(H,15,16,17). The third-order valence-electron chi connectivity index (χ3n) is 2.82. The molecule has 2 heterocycles. The van der Waals surface area contributed by atoms with Crippen LogP contribution in [0, 0.1) is 0 Å². The zero-order valence-electron chi connectivity index (χ0n) is 10.7. The van der Waals surface area contributed by atoms with Crippen LogP contribution in [0.25, 0.3) is 5.82 Å². The number of nitrogen functional groups attached to an aromatic ring is 1. The van der Waals surface area contributed by atoms with Crippen molar-refractivity contribution < 1.29 is 0 Å². The molecule has 3 N–H and O–H groups in total. The second-order valence-corrected chi connectivity index (χ2v) is 3.99. The molecule has 6 heteroatoms. The van der Waals surface area contributed by atoms with Crippen molar-refractivity contribution >= 4 is 5.82 Å². The van der Waals surface area contributed by atoms with E-state index < -0.39 is 0 Å². The van der Waals surface area contributed by atoms with E-state index in [0.717, 1.165) is 36.5 Å². The molecule has 0 saturated heterocycles. The maximum atomic E-state index is 5.51. The van der Waals surface area contributed by atoms with E-state index in [1.165, 1.54) is 6.33 Å². The normalized spacial score (nSPS) is 10.6. The fraction of sp³-hybridized carbons (Fsp3) is 0.417. The van der Waals surface area contributed by atoms with Gasteiger partial charge in [-0.1, -0.05) is 20.3 Å². The van der Waals surface area contributed by atoms with Gasteiger partial charge in [-0.3, -0.25) is 4.57 Å². The van der Waals surface area contributed by atoms with Gasteiger partial charge in [-0.2, -0.15) is 0 Å². The summed E-state index contributed by atoms with van der Waals surface area (Å²) < 4.78 is 1.99. The third-order valence-corrected chi connectivity index (χ3v) is 2.82. The highest BCUT2D eigenvalue weighted by molar-refractivity contribution is 5.51. The van der Waals surface area contributed by atoms with Gasteiger partial charge in [0.1, 0.15) is 23.8 Å². The Labute approximate surface area is 106 Å². The van der Waals surface area contributed by atoms with Gasteiger partial charge in [-0.15, -0.1) is 0 Å². The molecule has 0 fully saturated rings. The van der Waals surface area contributed by atoms with Crippen LogP contribution >= 0.6 is 0 Å². The lowest BCUT2D eigenvalue weighted by Gasteiger charge is -2.13. The van der Waals surface area contributed by atoms with Crippen LogP contribution in [-0.4, -0.2) is 19.5 Å². The Morgan fingerprint density at radius 2 is 2.11 bits per heavy atom. The molecule has 0 spiro atoms. The summed E-state index contributed by atoms with van der Waals surface area (Å²) in [4.78, 5) is 12.9. The van der Waals surface area contributed by atoms with Crippen molar-refractivity contribution in [2.75, 3.05) is 5.43 Å². The molecule has 2 aromatic heterocycles. The molecule has 2 aromatic rings. The van der Waals surface area contributed by atoms with E-state index in [2.05, 4.69) is 34.2 Å². The summed E-state index contributed by atoms with van der Waals surface area (Å²) in [6, 6.07) is 0. The van der Waals surface area contributed by atoms with E-state index in [9.17, 15) is 0 Å². The first kappa shape index (κ1) is 12.5. The predicted octanol–water partition coefficient (Wildman–Crippen LogP) is 1.46. The number of rotatable bonds is 5. The maximum absolute atomic E-state index is 5.51. The van der Waals surface area contributed by atoms with Crippen LogP contribution < -0.4 is 11.3 Å². The average Bonchev–Trinajstić information content (AvgIpc) is 2.87. The molecule has 2 rings (SSSR count). The molecular weight excluding hydrogens is 228 g/mol.